The molecular formula is C22H21BrN4O3. The monoisotopic (exact) mass is 468 g/mol. The SMILES string of the molecule is CCCc1ccc(C2(C)NC(=O)N(Cc3nc(-c4cccc(Br)c4)no3)C2=O)cc1. The van der Waals surface area contributed by atoms with Crippen LogP contribution in [0, 0.1) is 0 Å². The molecule has 4 rings (SSSR count). The minimum Gasteiger partial charge on any atom is -0.337 e. The molecule has 1 fully saturated rings. The molecule has 2 heterocycles. The number of amides is 3. The number of rotatable bonds is 6. The van der Waals surface area contributed by atoms with E-state index in [9.17, 15) is 9.59 Å². The van der Waals surface area contributed by atoms with Crippen LogP contribution in [0.4, 0.5) is 4.79 Å². The molecular weight excluding hydrogens is 448 g/mol. The van der Waals surface area contributed by atoms with Crippen LogP contribution in [-0.4, -0.2) is 27.0 Å². The van der Waals surface area contributed by atoms with Crippen molar-refractivity contribution in [1.82, 2.24) is 20.4 Å². The zero-order valence-electron chi connectivity index (χ0n) is 16.7. The van der Waals surface area contributed by atoms with Crippen molar-refractivity contribution in [3.8, 4) is 11.4 Å². The first-order valence-electron chi connectivity index (χ1n) is 9.73. The summed E-state index contributed by atoms with van der Waals surface area (Å²) in [6.07, 6.45) is 2.02. The summed E-state index contributed by atoms with van der Waals surface area (Å²) in [5, 5.41) is 6.77. The molecule has 2 aromatic carbocycles. The lowest BCUT2D eigenvalue weighted by Gasteiger charge is -2.22. The molecule has 1 N–H and O–H groups in total. The number of benzene rings is 2. The molecule has 3 amide bonds. The number of aromatic nitrogens is 2. The van der Waals surface area contributed by atoms with E-state index < -0.39 is 11.6 Å². The second kappa shape index (κ2) is 8.02. The van der Waals surface area contributed by atoms with Gasteiger partial charge in [-0.05, 0) is 36.6 Å². The molecule has 1 atom stereocenters. The van der Waals surface area contributed by atoms with Gasteiger partial charge >= 0.3 is 6.03 Å². The van der Waals surface area contributed by atoms with Gasteiger partial charge in [-0.1, -0.05) is 70.8 Å². The molecule has 0 saturated carbocycles. The molecule has 0 radical (unpaired) electrons. The summed E-state index contributed by atoms with van der Waals surface area (Å²) in [6, 6.07) is 14.8. The van der Waals surface area contributed by atoms with Gasteiger partial charge in [-0.3, -0.25) is 9.69 Å². The van der Waals surface area contributed by atoms with Crippen molar-refractivity contribution < 1.29 is 14.1 Å². The van der Waals surface area contributed by atoms with Crippen LogP contribution in [0.5, 0.6) is 0 Å². The molecule has 1 aromatic heterocycles. The molecule has 8 heteroatoms. The molecule has 1 saturated heterocycles. The Morgan fingerprint density at radius 2 is 1.93 bits per heavy atom. The summed E-state index contributed by atoms with van der Waals surface area (Å²) in [6.45, 7) is 3.74. The molecule has 154 valence electrons. The van der Waals surface area contributed by atoms with Crippen molar-refractivity contribution in [1.29, 1.82) is 0 Å². The summed E-state index contributed by atoms with van der Waals surface area (Å²) in [5.74, 6) is 0.238. The third kappa shape index (κ3) is 3.75. The summed E-state index contributed by atoms with van der Waals surface area (Å²) < 4.78 is 6.17. The van der Waals surface area contributed by atoms with E-state index in [-0.39, 0.29) is 18.3 Å². The number of aryl methyl sites for hydroxylation is 1. The van der Waals surface area contributed by atoms with E-state index in [1.807, 2.05) is 48.5 Å². The number of imide groups is 1. The lowest BCUT2D eigenvalue weighted by atomic mass is 9.91. The molecule has 1 unspecified atom stereocenters. The number of nitrogens with one attached hydrogen (secondary N) is 1. The summed E-state index contributed by atoms with van der Waals surface area (Å²) in [7, 11) is 0. The Hall–Kier alpha value is -3.00. The molecule has 1 aliphatic rings. The Bertz CT molecular complexity index is 1100. The Kier molecular flexibility index (Phi) is 5.42. The van der Waals surface area contributed by atoms with E-state index >= 15 is 0 Å². The maximum Gasteiger partial charge on any atom is 0.325 e. The van der Waals surface area contributed by atoms with Crippen molar-refractivity contribution in [3.63, 3.8) is 0 Å². The third-order valence-electron chi connectivity index (χ3n) is 5.19. The lowest BCUT2D eigenvalue weighted by Crippen LogP contribution is -2.40. The van der Waals surface area contributed by atoms with Crippen molar-refractivity contribution in [2.45, 2.75) is 38.8 Å². The predicted molar refractivity (Wildman–Crippen MR) is 114 cm³/mol. The molecule has 1 aliphatic heterocycles. The smallest absolute Gasteiger partial charge is 0.325 e. The fraction of sp³-hybridized carbons (Fsp3) is 0.273. The highest BCUT2D eigenvalue weighted by atomic mass is 79.9. The highest BCUT2D eigenvalue weighted by Gasteiger charge is 2.49. The quantitative estimate of drug-likeness (QED) is 0.540. The van der Waals surface area contributed by atoms with Gasteiger partial charge < -0.3 is 9.84 Å². The number of nitrogens with zero attached hydrogens (tertiary/aromatic N) is 3. The largest absolute Gasteiger partial charge is 0.337 e. The van der Waals surface area contributed by atoms with E-state index in [1.165, 1.54) is 5.56 Å². The topological polar surface area (TPSA) is 88.3 Å². The van der Waals surface area contributed by atoms with Gasteiger partial charge in [0.15, 0.2) is 0 Å². The van der Waals surface area contributed by atoms with Gasteiger partial charge in [-0.25, -0.2) is 4.79 Å². The van der Waals surface area contributed by atoms with Crippen LogP contribution in [0.2, 0.25) is 0 Å². The first kappa shape index (κ1) is 20.3. The fourth-order valence-electron chi connectivity index (χ4n) is 3.53. The van der Waals surface area contributed by atoms with Crippen molar-refractivity contribution >= 4 is 27.9 Å². The number of carbonyl (C=O) groups is 2. The summed E-state index contributed by atoms with van der Waals surface area (Å²) >= 11 is 3.41. The zero-order valence-corrected chi connectivity index (χ0v) is 18.3. The second-order valence-electron chi connectivity index (χ2n) is 7.42. The van der Waals surface area contributed by atoms with Gasteiger partial charge in [-0.2, -0.15) is 4.98 Å². The first-order chi connectivity index (χ1) is 14.4. The van der Waals surface area contributed by atoms with Crippen LogP contribution in [0.3, 0.4) is 0 Å². The van der Waals surface area contributed by atoms with Gasteiger partial charge in [0.25, 0.3) is 5.91 Å². The van der Waals surface area contributed by atoms with Gasteiger partial charge in [-0.15, -0.1) is 0 Å². The average Bonchev–Trinajstić information content (AvgIpc) is 3.28. The van der Waals surface area contributed by atoms with E-state index in [1.54, 1.807) is 6.92 Å². The van der Waals surface area contributed by atoms with Gasteiger partial charge in [0.05, 0.1) is 0 Å². The van der Waals surface area contributed by atoms with E-state index in [0.29, 0.717) is 5.82 Å². The lowest BCUT2D eigenvalue weighted by molar-refractivity contribution is -0.131. The normalized spacial score (nSPS) is 18.7. The Morgan fingerprint density at radius 1 is 1.17 bits per heavy atom. The van der Waals surface area contributed by atoms with Gasteiger partial charge in [0.2, 0.25) is 11.7 Å². The standard InChI is InChI=1S/C22H21BrN4O3/c1-3-5-14-8-10-16(11-9-14)22(2)20(28)27(21(29)25-22)13-18-24-19(26-30-18)15-6-4-7-17(23)12-15/h4,6-12H,3,5,13H2,1-2H3,(H,25,29). The Labute approximate surface area is 182 Å². The minimum absolute atomic E-state index is 0.0881. The molecule has 7 nitrogen and oxygen atoms in total. The second-order valence-corrected chi connectivity index (χ2v) is 8.33. The number of halogens is 1. The highest BCUT2D eigenvalue weighted by molar-refractivity contribution is 9.10. The fourth-order valence-corrected chi connectivity index (χ4v) is 3.93. The summed E-state index contributed by atoms with van der Waals surface area (Å²) in [5.41, 5.74) is 1.58. The van der Waals surface area contributed by atoms with Crippen LogP contribution < -0.4 is 5.32 Å². The maximum atomic E-state index is 13.1. The molecule has 0 bridgehead atoms. The first-order valence-corrected chi connectivity index (χ1v) is 10.5. The van der Waals surface area contributed by atoms with Crippen LogP contribution in [0.1, 0.15) is 37.3 Å². The number of hydrogen-bond donors (Lipinski definition) is 1. The number of urea groups is 1. The Balaban J connectivity index is 1.53. The highest BCUT2D eigenvalue weighted by Crippen LogP contribution is 2.30. The van der Waals surface area contributed by atoms with Crippen molar-refractivity contribution in [3.05, 3.63) is 70.0 Å². The minimum atomic E-state index is -1.13. The summed E-state index contributed by atoms with van der Waals surface area (Å²) in [4.78, 5) is 31.1. The van der Waals surface area contributed by atoms with Crippen LogP contribution in [-0.2, 0) is 23.3 Å². The van der Waals surface area contributed by atoms with E-state index in [2.05, 4.69) is 38.3 Å². The van der Waals surface area contributed by atoms with Crippen LogP contribution in [0.15, 0.2) is 57.5 Å². The molecule has 30 heavy (non-hydrogen) atoms. The zero-order chi connectivity index (χ0) is 21.3. The van der Waals surface area contributed by atoms with E-state index in [4.69, 9.17) is 4.52 Å². The van der Waals surface area contributed by atoms with Gasteiger partial charge in [0, 0.05) is 10.0 Å². The molecule has 0 aliphatic carbocycles. The van der Waals surface area contributed by atoms with Crippen LogP contribution >= 0.6 is 15.9 Å². The van der Waals surface area contributed by atoms with Crippen LogP contribution in [0.25, 0.3) is 11.4 Å². The van der Waals surface area contributed by atoms with Crippen molar-refractivity contribution in [2.24, 2.45) is 0 Å². The number of hydrogen-bond acceptors (Lipinski definition) is 5. The van der Waals surface area contributed by atoms with Crippen molar-refractivity contribution in [2.75, 3.05) is 0 Å². The Morgan fingerprint density at radius 3 is 2.63 bits per heavy atom. The predicted octanol–water partition coefficient (Wildman–Crippen LogP) is 4.42. The molecule has 3 aromatic rings. The van der Waals surface area contributed by atoms with Gasteiger partial charge in [0.1, 0.15) is 12.1 Å². The average molecular weight is 469 g/mol. The number of carbonyl (C=O) groups excluding carboxylic acids is 2. The third-order valence-corrected chi connectivity index (χ3v) is 5.68. The molecule has 0 spiro atoms. The van der Waals surface area contributed by atoms with E-state index in [0.717, 1.165) is 33.3 Å². The maximum absolute atomic E-state index is 13.1.